The number of carbonyl (C=O) groups excluding carboxylic acids is 2. The Bertz CT molecular complexity index is 1120. The number of hydrogen-bond acceptors (Lipinski definition) is 6. The summed E-state index contributed by atoms with van der Waals surface area (Å²) in [7, 11) is 0. The summed E-state index contributed by atoms with van der Waals surface area (Å²) in [5.41, 5.74) is 1.79. The van der Waals surface area contributed by atoms with E-state index in [-0.39, 0.29) is 18.1 Å². The molecule has 2 heterocycles. The summed E-state index contributed by atoms with van der Waals surface area (Å²) < 4.78 is 6.95. The van der Waals surface area contributed by atoms with E-state index in [1.54, 1.807) is 35.6 Å². The van der Waals surface area contributed by atoms with Crippen molar-refractivity contribution in [2.75, 3.05) is 0 Å². The zero-order valence-corrected chi connectivity index (χ0v) is 16.8. The summed E-state index contributed by atoms with van der Waals surface area (Å²) in [6.45, 7) is 1.45. The van der Waals surface area contributed by atoms with Crippen molar-refractivity contribution in [1.29, 1.82) is 0 Å². The molecule has 1 atom stereocenters. The zero-order chi connectivity index (χ0) is 20.4. The molecule has 0 unspecified atom stereocenters. The van der Waals surface area contributed by atoms with Crippen molar-refractivity contribution in [2.45, 2.75) is 45.3 Å². The molecule has 0 saturated carbocycles. The first-order valence-electron chi connectivity index (χ1n) is 9.58. The molecule has 1 amide bonds. The first-order valence-corrected chi connectivity index (χ1v) is 10.4. The zero-order valence-electron chi connectivity index (χ0n) is 16.0. The van der Waals surface area contributed by atoms with Crippen LogP contribution in [0.25, 0.3) is 4.96 Å². The highest BCUT2D eigenvalue weighted by Gasteiger charge is 2.20. The minimum atomic E-state index is -0.818. The monoisotopic (exact) mass is 411 g/mol. The maximum atomic E-state index is 12.5. The number of amides is 1. The second kappa shape index (κ2) is 8.16. The Morgan fingerprint density at radius 1 is 1.24 bits per heavy atom. The van der Waals surface area contributed by atoms with Gasteiger partial charge in [0.2, 0.25) is 0 Å². The number of fused-ring (bicyclic) bond motifs is 3. The van der Waals surface area contributed by atoms with Gasteiger partial charge in [0.25, 0.3) is 11.5 Å². The van der Waals surface area contributed by atoms with Crippen LogP contribution in [-0.4, -0.2) is 27.3 Å². The summed E-state index contributed by atoms with van der Waals surface area (Å²) in [6.07, 6.45) is 4.08. The molecule has 1 aromatic carbocycles. The second-order valence-electron chi connectivity index (χ2n) is 7.05. The van der Waals surface area contributed by atoms with E-state index in [1.165, 1.54) is 22.3 Å². The van der Waals surface area contributed by atoms with Crippen LogP contribution in [0.2, 0.25) is 0 Å². The first kappa shape index (κ1) is 19.3. The van der Waals surface area contributed by atoms with Crippen LogP contribution < -0.4 is 10.9 Å². The quantitative estimate of drug-likeness (QED) is 0.652. The van der Waals surface area contributed by atoms with Gasteiger partial charge >= 0.3 is 5.97 Å². The Morgan fingerprint density at radius 2 is 2.00 bits per heavy atom. The molecule has 0 spiro atoms. The molecule has 0 radical (unpaired) electrons. The Kier molecular flexibility index (Phi) is 5.44. The minimum absolute atomic E-state index is 0.112. The van der Waals surface area contributed by atoms with Crippen molar-refractivity contribution >= 4 is 28.2 Å². The van der Waals surface area contributed by atoms with Gasteiger partial charge in [0, 0.05) is 22.2 Å². The average Bonchev–Trinajstić information content (AvgIpc) is 3.11. The molecule has 8 heteroatoms. The Morgan fingerprint density at radius 3 is 2.79 bits per heavy atom. The minimum Gasteiger partial charge on any atom is -0.458 e. The number of nitrogens with zero attached hydrogens (tertiary/aromatic N) is 2. The lowest BCUT2D eigenvalue weighted by atomic mass is 10.0. The Hall–Kier alpha value is -3.00. The topological polar surface area (TPSA) is 89.8 Å². The fraction of sp³-hybridized carbons (Fsp3) is 0.333. The van der Waals surface area contributed by atoms with Gasteiger partial charge < -0.3 is 10.1 Å². The summed E-state index contributed by atoms with van der Waals surface area (Å²) in [5.74, 6) is -0.932. The number of ether oxygens (including phenoxy) is 1. The number of carbonyl (C=O) groups is 2. The number of benzene rings is 1. The van der Waals surface area contributed by atoms with Gasteiger partial charge in [-0.05, 0) is 44.7 Å². The highest BCUT2D eigenvalue weighted by Crippen LogP contribution is 2.28. The number of nitrogens with one attached hydrogen (secondary N) is 1. The fourth-order valence-corrected chi connectivity index (χ4v) is 4.65. The van der Waals surface area contributed by atoms with Crippen LogP contribution in [0.3, 0.4) is 0 Å². The Labute approximate surface area is 171 Å². The van der Waals surface area contributed by atoms with Crippen LogP contribution in [0, 0.1) is 0 Å². The molecule has 0 aliphatic heterocycles. The lowest BCUT2D eigenvalue weighted by molar-refractivity contribution is -0.146. The van der Waals surface area contributed by atoms with E-state index in [4.69, 9.17) is 4.74 Å². The van der Waals surface area contributed by atoms with Crippen LogP contribution in [0.1, 0.15) is 46.4 Å². The number of hydrogen-bond donors (Lipinski definition) is 1. The first-order chi connectivity index (χ1) is 14.0. The van der Waals surface area contributed by atoms with Gasteiger partial charge in [-0.2, -0.15) is 0 Å². The van der Waals surface area contributed by atoms with E-state index in [2.05, 4.69) is 10.3 Å². The lowest BCUT2D eigenvalue weighted by Crippen LogP contribution is -2.39. The molecular formula is C21H21N3O4S. The third-order valence-corrected chi connectivity index (χ3v) is 6.06. The number of thiazole rings is 1. The molecule has 150 valence electrons. The van der Waals surface area contributed by atoms with Crippen molar-refractivity contribution in [3.63, 3.8) is 0 Å². The third kappa shape index (κ3) is 4.07. The van der Waals surface area contributed by atoms with Crippen molar-refractivity contribution < 1.29 is 14.3 Å². The molecule has 1 aliphatic carbocycles. The van der Waals surface area contributed by atoms with E-state index < -0.39 is 12.0 Å². The highest BCUT2D eigenvalue weighted by atomic mass is 32.1. The highest BCUT2D eigenvalue weighted by molar-refractivity contribution is 7.17. The predicted molar refractivity (Wildman–Crippen MR) is 109 cm³/mol. The maximum Gasteiger partial charge on any atom is 0.328 e. The third-order valence-electron chi connectivity index (χ3n) is 4.91. The molecule has 0 bridgehead atoms. The van der Waals surface area contributed by atoms with E-state index in [9.17, 15) is 14.4 Å². The second-order valence-corrected chi connectivity index (χ2v) is 8.11. The summed E-state index contributed by atoms with van der Waals surface area (Å²) in [4.78, 5) is 43.3. The number of esters is 1. The van der Waals surface area contributed by atoms with Gasteiger partial charge in [-0.1, -0.05) is 18.2 Å². The van der Waals surface area contributed by atoms with E-state index in [1.807, 2.05) is 6.07 Å². The smallest absolute Gasteiger partial charge is 0.328 e. The molecule has 1 aliphatic rings. The summed E-state index contributed by atoms with van der Waals surface area (Å²) in [5, 5.41) is 2.61. The summed E-state index contributed by atoms with van der Waals surface area (Å²) >= 11 is 1.53. The molecule has 0 saturated heterocycles. The van der Waals surface area contributed by atoms with Gasteiger partial charge in [-0.25, -0.2) is 9.78 Å². The molecular weight excluding hydrogens is 390 g/mol. The van der Waals surface area contributed by atoms with E-state index in [0.29, 0.717) is 16.2 Å². The molecule has 3 aromatic rings. The SMILES string of the molecule is C[C@H](NC(=O)c1ccccc1)C(=O)OCc1cc(=O)n2c3c(sc2n1)CCCC3. The number of aromatic nitrogens is 2. The van der Waals surface area contributed by atoms with Crippen LogP contribution in [0.5, 0.6) is 0 Å². The molecule has 0 fully saturated rings. The summed E-state index contributed by atoms with van der Waals surface area (Å²) in [6, 6.07) is 9.24. The van der Waals surface area contributed by atoms with E-state index in [0.717, 1.165) is 31.4 Å². The Balaban J connectivity index is 1.42. The van der Waals surface area contributed by atoms with Crippen LogP contribution in [0.15, 0.2) is 41.2 Å². The normalized spacial score (nSPS) is 14.2. The van der Waals surface area contributed by atoms with Crippen LogP contribution >= 0.6 is 11.3 Å². The number of rotatable bonds is 5. The van der Waals surface area contributed by atoms with Crippen molar-refractivity contribution in [3.8, 4) is 0 Å². The van der Waals surface area contributed by atoms with Crippen molar-refractivity contribution in [2.24, 2.45) is 0 Å². The number of aryl methyl sites for hydroxylation is 2. The van der Waals surface area contributed by atoms with Gasteiger partial charge in [-0.3, -0.25) is 14.0 Å². The van der Waals surface area contributed by atoms with Crippen LogP contribution in [0.4, 0.5) is 0 Å². The average molecular weight is 411 g/mol. The van der Waals surface area contributed by atoms with Crippen LogP contribution in [-0.2, 0) is 29.0 Å². The standard InChI is InChI=1S/C21H21N3O4S/c1-13(22-19(26)14-7-3-2-4-8-14)20(27)28-12-15-11-18(25)24-16-9-5-6-10-17(16)29-21(24)23-15/h2-4,7-8,11,13H,5-6,9-10,12H2,1H3,(H,22,26)/t13-/m0/s1. The van der Waals surface area contributed by atoms with Gasteiger partial charge in [-0.15, -0.1) is 11.3 Å². The van der Waals surface area contributed by atoms with Crippen molar-refractivity contribution in [3.05, 3.63) is 68.6 Å². The van der Waals surface area contributed by atoms with E-state index >= 15 is 0 Å². The fourth-order valence-electron chi connectivity index (χ4n) is 3.41. The molecule has 4 rings (SSSR count). The van der Waals surface area contributed by atoms with Gasteiger partial charge in [0.1, 0.15) is 12.6 Å². The molecule has 1 N–H and O–H groups in total. The lowest BCUT2D eigenvalue weighted by Gasteiger charge is -2.13. The van der Waals surface area contributed by atoms with Gasteiger partial charge in [0.15, 0.2) is 4.96 Å². The van der Waals surface area contributed by atoms with Crippen molar-refractivity contribution in [1.82, 2.24) is 14.7 Å². The van der Waals surface area contributed by atoms with Gasteiger partial charge in [0.05, 0.1) is 5.69 Å². The predicted octanol–water partition coefficient (Wildman–Crippen LogP) is 2.50. The largest absolute Gasteiger partial charge is 0.458 e. The molecule has 2 aromatic heterocycles. The molecule has 7 nitrogen and oxygen atoms in total. The molecule has 29 heavy (non-hydrogen) atoms. The maximum absolute atomic E-state index is 12.5.